The SMILES string of the molecule is O=C(CCn1ncc(=O)c2ccccc21)Nc1nc2ccc(Oc3ccccc3)cc2s1. The molecule has 5 rings (SSSR count). The smallest absolute Gasteiger partial charge is 0.228 e. The van der Waals surface area contributed by atoms with E-state index >= 15 is 0 Å². The number of carbonyl (C=O) groups excluding carboxylic acids is 1. The van der Waals surface area contributed by atoms with E-state index in [1.165, 1.54) is 17.5 Å². The molecule has 0 aliphatic carbocycles. The Hall–Kier alpha value is -4.04. The van der Waals surface area contributed by atoms with Crippen LogP contribution < -0.4 is 15.5 Å². The van der Waals surface area contributed by atoms with Gasteiger partial charge in [0.05, 0.1) is 28.5 Å². The molecule has 0 bridgehead atoms. The van der Waals surface area contributed by atoms with Gasteiger partial charge in [0.25, 0.3) is 0 Å². The fraction of sp³-hybridized carbons (Fsp3) is 0.0833. The van der Waals surface area contributed by atoms with Crippen molar-refractivity contribution >= 4 is 43.5 Å². The van der Waals surface area contributed by atoms with Crippen molar-refractivity contribution in [2.45, 2.75) is 13.0 Å². The van der Waals surface area contributed by atoms with Crippen molar-refractivity contribution in [3.63, 3.8) is 0 Å². The van der Waals surface area contributed by atoms with Crippen molar-refractivity contribution in [3.8, 4) is 11.5 Å². The molecule has 0 saturated heterocycles. The van der Waals surface area contributed by atoms with Crippen LogP contribution in [-0.2, 0) is 11.3 Å². The van der Waals surface area contributed by atoms with Gasteiger partial charge in [0.15, 0.2) is 5.13 Å². The van der Waals surface area contributed by atoms with E-state index in [1.54, 1.807) is 10.7 Å². The van der Waals surface area contributed by atoms with Crippen LogP contribution in [0.2, 0.25) is 0 Å². The van der Waals surface area contributed by atoms with Gasteiger partial charge in [-0.1, -0.05) is 41.7 Å². The fourth-order valence-corrected chi connectivity index (χ4v) is 4.29. The molecule has 8 heteroatoms. The predicted octanol–water partition coefficient (Wildman–Crippen LogP) is 4.83. The largest absolute Gasteiger partial charge is 0.457 e. The Kier molecular flexibility index (Phi) is 5.35. The van der Waals surface area contributed by atoms with Gasteiger partial charge in [0, 0.05) is 17.9 Å². The number of rotatable bonds is 6. The van der Waals surface area contributed by atoms with E-state index in [9.17, 15) is 9.59 Å². The number of fused-ring (bicyclic) bond motifs is 2. The molecule has 0 unspecified atom stereocenters. The normalized spacial score (nSPS) is 11.0. The molecule has 32 heavy (non-hydrogen) atoms. The van der Waals surface area contributed by atoms with Crippen LogP contribution in [0.4, 0.5) is 5.13 Å². The first-order valence-corrected chi connectivity index (χ1v) is 10.9. The summed E-state index contributed by atoms with van der Waals surface area (Å²) in [7, 11) is 0. The number of amides is 1. The van der Waals surface area contributed by atoms with Gasteiger partial charge in [-0.25, -0.2) is 4.98 Å². The quantitative estimate of drug-likeness (QED) is 0.407. The zero-order valence-corrected chi connectivity index (χ0v) is 17.7. The van der Waals surface area contributed by atoms with E-state index in [0.29, 0.717) is 28.3 Å². The summed E-state index contributed by atoms with van der Waals surface area (Å²) in [5.74, 6) is 1.30. The molecule has 7 nitrogen and oxygen atoms in total. The summed E-state index contributed by atoms with van der Waals surface area (Å²) in [6.45, 7) is 0.354. The molecule has 3 aromatic carbocycles. The second-order valence-corrected chi connectivity index (χ2v) is 8.14. The van der Waals surface area contributed by atoms with E-state index in [0.717, 1.165) is 16.0 Å². The third-order valence-corrected chi connectivity index (χ3v) is 5.83. The van der Waals surface area contributed by atoms with Crippen LogP contribution in [0.5, 0.6) is 11.5 Å². The average molecular weight is 443 g/mol. The lowest BCUT2D eigenvalue weighted by Crippen LogP contribution is -2.17. The number of para-hydroxylation sites is 2. The molecule has 0 saturated carbocycles. The van der Waals surface area contributed by atoms with Gasteiger partial charge in [-0.05, 0) is 36.4 Å². The molecule has 1 amide bonds. The van der Waals surface area contributed by atoms with Crippen molar-refractivity contribution in [1.29, 1.82) is 0 Å². The Bertz CT molecular complexity index is 1480. The van der Waals surface area contributed by atoms with Gasteiger partial charge in [-0.15, -0.1) is 0 Å². The molecule has 5 aromatic rings. The van der Waals surface area contributed by atoms with Crippen molar-refractivity contribution in [1.82, 2.24) is 14.8 Å². The highest BCUT2D eigenvalue weighted by Crippen LogP contribution is 2.31. The molecule has 0 radical (unpaired) electrons. The molecular formula is C24H18N4O3S. The average Bonchev–Trinajstić information content (AvgIpc) is 3.21. The number of ether oxygens (including phenoxy) is 1. The van der Waals surface area contributed by atoms with Crippen LogP contribution in [-0.4, -0.2) is 20.7 Å². The van der Waals surface area contributed by atoms with Crippen LogP contribution in [0.1, 0.15) is 6.42 Å². The second-order valence-electron chi connectivity index (χ2n) is 7.11. The summed E-state index contributed by atoms with van der Waals surface area (Å²) in [5.41, 5.74) is 1.36. The van der Waals surface area contributed by atoms with Crippen LogP contribution in [0.3, 0.4) is 0 Å². The Morgan fingerprint density at radius 2 is 1.81 bits per heavy atom. The van der Waals surface area contributed by atoms with Gasteiger partial charge >= 0.3 is 0 Å². The fourth-order valence-electron chi connectivity index (χ4n) is 3.37. The first kappa shape index (κ1) is 19.9. The number of aromatic nitrogens is 3. The third kappa shape index (κ3) is 4.21. The van der Waals surface area contributed by atoms with Gasteiger partial charge in [-0.2, -0.15) is 5.10 Å². The molecule has 0 aliphatic heterocycles. The van der Waals surface area contributed by atoms with Crippen molar-refractivity contribution in [3.05, 3.63) is 89.2 Å². The molecule has 2 aromatic heterocycles. The molecule has 0 spiro atoms. The number of aryl methyl sites for hydroxylation is 1. The van der Waals surface area contributed by atoms with Gasteiger partial charge < -0.3 is 10.1 Å². The standard InChI is InChI=1S/C24H18N4O3S/c29-21-15-25-28(20-9-5-4-8-18(20)21)13-12-23(30)27-24-26-19-11-10-17(14-22(19)32-24)31-16-6-2-1-3-7-16/h1-11,14-15H,12-13H2,(H,26,27,30). The number of benzene rings is 3. The third-order valence-electron chi connectivity index (χ3n) is 4.90. The van der Waals surface area contributed by atoms with Crippen molar-refractivity contribution < 1.29 is 9.53 Å². The van der Waals surface area contributed by atoms with Gasteiger partial charge in [0.1, 0.15) is 11.5 Å². The highest BCUT2D eigenvalue weighted by Gasteiger charge is 2.11. The number of nitrogens with zero attached hydrogens (tertiary/aromatic N) is 3. The Labute approximate surface area is 186 Å². The monoisotopic (exact) mass is 442 g/mol. The van der Waals surface area contributed by atoms with Crippen LogP contribution in [0, 0.1) is 0 Å². The maximum absolute atomic E-state index is 12.5. The lowest BCUT2D eigenvalue weighted by Gasteiger charge is -2.08. The van der Waals surface area contributed by atoms with E-state index in [-0.39, 0.29) is 17.8 Å². The number of nitrogens with one attached hydrogen (secondary N) is 1. The van der Waals surface area contributed by atoms with Crippen LogP contribution in [0.15, 0.2) is 83.8 Å². The molecule has 2 heterocycles. The molecule has 0 fully saturated rings. The number of hydrogen-bond donors (Lipinski definition) is 1. The Morgan fingerprint density at radius 3 is 2.69 bits per heavy atom. The van der Waals surface area contributed by atoms with Gasteiger partial charge in [0.2, 0.25) is 11.3 Å². The van der Waals surface area contributed by atoms with E-state index in [2.05, 4.69) is 15.4 Å². The first-order valence-electron chi connectivity index (χ1n) is 10.0. The number of thiazole rings is 1. The van der Waals surface area contributed by atoms with Crippen molar-refractivity contribution in [2.24, 2.45) is 0 Å². The number of hydrogen-bond acceptors (Lipinski definition) is 6. The molecule has 0 aliphatic rings. The van der Waals surface area contributed by atoms with E-state index in [4.69, 9.17) is 4.74 Å². The summed E-state index contributed by atoms with van der Waals surface area (Å²) in [4.78, 5) is 28.9. The lowest BCUT2D eigenvalue weighted by atomic mass is 10.2. The topological polar surface area (TPSA) is 86.1 Å². The van der Waals surface area contributed by atoms with Crippen molar-refractivity contribution in [2.75, 3.05) is 5.32 Å². The minimum atomic E-state index is -0.172. The molecule has 0 atom stereocenters. The van der Waals surface area contributed by atoms with Crippen LogP contribution in [0.25, 0.3) is 21.1 Å². The highest BCUT2D eigenvalue weighted by atomic mass is 32.1. The zero-order chi connectivity index (χ0) is 21.9. The molecule has 1 N–H and O–H groups in total. The van der Waals surface area contributed by atoms with Crippen LogP contribution >= 0.6 is 11.3 Å². The maximum atomic E-state index is 12.5. The summed E-state index contributed by atoms with van der Waals surface area (Å²) in [6, 6.07) is 22.4. The zero-order valence-electron chi connectivity index (χ0n) is 16.9. The molecular weight excluding hydrogens is 424 g/mol. The number of anilines is 1. The summed E-state index contributed by atoms with van der Waals surface area (Å²) in [5, 5.41) is 8.13. The summed E-state index contributed by atoms with van der Waals surface area (Å²) in [6.07, 6.45) is 1.49. The Morgan fingerprint density at radius 1 is 1.00 bits per heavy atom. The predicted molar refractivity (Wildman–Crippen MR) is 125 cm³/mol. The Balaban J connectivity index is 1.27. The minimum Gasteiger partial charge on any atom is -0.457 e. The van der Waals surface area contributed by atoms with E-state index < -0.39 is 0 Å². The number of carbonyl (C=O) groups is 1. The summed E-state index contributed by atoms with van der Waals surface area (Å²) < 4.78 is 8.45. The second kappa shape index (κ2) is 8.60. The summed E-state index contributed by atoms with van der Waals surface area (Å²) >= 11 is 1.39. The highest BCUT2D eigenvalue weighted by molar-refractivity contribution is 7.22. The van der Waals surface area contributed by atoms with E-state index in [1.807, 2.05) is 66.7 Å². The van der Waals surface area contributed by atoms with Gasteiger partial charge in [-0.3, -0.25) is 14.3 Å². The minimum absolute atomic E-state index is 0.133. The molecule has 158 valence electrons. The first-order chi connectivity index (χ1) is 15.7. The lowest BCUT2D eigenvalue weighted by molar-refractivity contribution is -0.116. The maximum Gasteiger partial charge on any atom is 0.228 e.